The average Bonchev–Trinajstić information content (AvgIpc) is 3.14. The first-order valence-electron chi connectivity index (χ1n) is 9.39. The van der Waals surface area contributed by atoms with E-state index in [1.807, 2.05) is 31.2 Å². The molecule has 0 atom stereocenters. The minimum absolute atomic E-state index is 0.131. The third-order valence-electron chi connectivity index (χ3n) is 4.75. The molecule has 1 N–H and O–H groups in total. The number of aromatic nitrogens is 4. The number of nitrogens with zero attached hydrogens (tertiary/aromatic N) is 5. The number of benzene rings is 2. The van der Waals surface area contributed by atoms with Crippen LogP contribution in [0.5, 0.6) is 0 Å². The summed E-state index contributed by atoms with van der Waals surface area (Å²) in [6.07, 6.45) is 0. The average molecular weight is 436 g/mol. The predicted molar refractivity (Wildman–Crippen MR) is 116 cm³/mol. The highest BCUT2D eigenvalue weighted by atomic mass is 32.2. The number of fused-ring (bicyclic) bond motifs is 1. The standard InChI is InChI=1S/C21H20N6O3S/c1-14-23-24-20-13-12-19(25-27(14)20)15-4-8-17(9-5-15)22-21(28)16-6-10-18(11-7-16)31(29,30)26(2)3/h4-13H,1-3H3,(H,22,28). The second kappa shape index (κ2) is 7.89. The summed E-state index contributed by atoms with van der Waals surface area (Å²) in [4.78, 5) is 12.6. The molecule has 0 spiro atoms. The van der Waals surface area contributed by atoms with Gasteiger partial charge in [0.15, 0.2) is 11.5 Å². The lowest BCUT2D eigenvalue weighted by atomic mass is 10.1. The third-order valence-corrected chi connectivity index (χ3v) is 6.58. The smallest absolute Gasteiger partial charge is 0.255 e. The van der Waals surface area contributed by atoms with E-state index in [9.17, 15) is 13.2 Å². The van der Waals surface area contributed by atoms with E-state index in [4.69, 9.17) is 0 Å². The van der Waals surface area contributed by atoms with Gasteiger partial charge in [0.1, 0.15) is 0 Å². The van der Waals surface area contributed by atoms with Crippen LogP contribution in [0.3, 0.4) is 0 Å². The zero-order valence-corrected chi connectivity index (χ0v) is 18.0. The molecule has 0 aliphatic heterocycles. The van der Waals surface area contributed by atoms with Gasteiger partial charge in [-0.3, -0.25) is 4.79 Å². The van der Waals surface area contributed by atoms with E-state index in [0.717, 1.165) is 15.6 Å². The number of hydrogen-bond acceptors (Lipinski definition) is 6. The van der Waals surface area contributed by atoms with Crippen molar-refractivity contribution in [3.63, 3.8) is 0 Å². The van der Waals surface area contributed by atoms with Crippen molar-refractivity contribution < 1.29 is 13.2 Å². The van der Waals surface area contributed by atoms with Crippen LogP contribution in [0, 0.1) is 6.92 Å². The maximum atomic E-state index is 12.5. The Morgan fingerprint density at radius 2 is 1.61 bits per heavy atom. The van der Waals surface area contributed by atoms with Crippen molar-refractivity contribution >= 4 is 27.3 Å². The summed E-state index contributed by atoms with van der Waals surface area (Å²) >= 11 is 0. The monoisotopic (exact) mass is 436 g/mol. The molecule has 2 aromatic carbocycles. The summed E-state index contributed by atoms with van der Waals surface area (Å²) in [5.41, 5.74) is 3.28. The molecule has 0 unspecified atom stereocenters. The topological polar surface area (TPSA) is 110 Å². The van der Waals surface area contributed by atoms with Gasteiger partial charge < -0.3 is 5.32 Å². The van der Waals surface area contributed by atoms with Gasteiger partial charge in [-0.25, -0.2) is 12.7 Å². The number of sulfonamides is 1. The van der Waals surface area contributed by atoms with Crippen LogP contribution in [0.1, 0.15) is 16.2 Å². The van der Waals surface area contributed by atoms with Gasteiger partial charge in [0.05, 0.1) is 10.6 Å². The van der Waals surface area contributed by atoms with Gasteiger partial charge in [0.25, 0.3) is 5.91 Å². The number of aryl methyl sites for hydroxylation is 1. The molecular weight excluding hydrogens is 416 g/mol. The van der Waals surface area contributed by atoms with Crippen molar-refractivity contribution in [2.45, 2.75) is 11.8 Å². The van der Waals surface area contributed by atoms with Crippen molar-refractivity contribution in [2.24, 2.45) is 0 Å². The highest BCUT2D eigenvalue weighted by molar-refractivity contribution is 7.89. The summed E-state index contributed by atoms with van der Waals surface area (Å²) in [6.45, 7) is 1.83. The Bertz CT molecular complexity index is 1360. The Balaban J connectivity index is 1.49. The molecule has 0 bridgehead atoms. The summed E-state index contributed by atoms with van der Waals surface area (Å²) in [5.74, 6) is 0.367. The van der Waals surface area contributed by atoms with Crippen LogP contribution >= 0.6 is 0 Å². The minimum atomic E-state index is -3.54. The van der Waals surface area contributed by atoms with Crippen LogP contribution in [-0.2, 0) is 10.0 Å². The zero-order valence-electron chi connectivity index (χ0n) is 17.1. The molecule has 9 nitrogen and oxygen atoms in total. The van der Waals surface area contributed by atoms with E-state index >= 15 is 0 Å². The van der Waals surface area contributed by atoms with Crippen molar-refractivity contribution in [2.75, 3.05) is 19.4 Å². The highest BCUT2D eigenvalue weighted by Gasteiger charge is 2.17. The lowest BCUT2D eigenvalue weighted by Gasteiger charge is -2.12. The normalized spacial score (nSPS) is 11.7. The van der Waals surface area contributed by atoms with Gasteiger partial charge in [0, 0.05) is 30.9 Å². The maximum Gasteiger partial charge on any atom is 0.255 e. The molecule has 2 aromatic heterocycles. The first kappa shape index (κ1) is 20.6. The Kier molecular flexibility index (Phi) is 5.25. The van der Waals surface area contributed by atoms with Crippen LogP contribution in [0.15, 0.2) is 65.6 Å². The number of nitrogens with one attached hydrogen (secondary N) is 1. The van der Waals surface area contributed by atoms with Gasteiger partial charge in [-0.15, -0.1) is 10.2 Å². The number of rotatable bonds is 5. The van der Waals surface area contributed by atoms with Crippen molar-refractivity contribution in [1.82, 2.24) is 24.1 Å². The molecule has 0 saturated carbocycles. The summed E-state index contributed by atoms with van der Waals surface area (Å²) in [6, 6.07) is 16.8. The fraction of sp³-hybridized carbons (Fsp3) is 0.143. The zero-order chi connectivity index (χ0) is 22.2. The third kappa shape index (κ3) is 4.03. The molecule has 158 valence electrons. The van der Waals surface area contributed by atoms with Gasteiger partial charge in [-0.05, 0) is 55.5 Å². The summed E-state index contributed by atoms with van der Waals surface area (Å²) in [5, 5.41) is 15.4. The van der Waals surface area contributed by atoms with Crippen molar-refractivity contribution in [3.05, 3.63) is 72.1 Å². The minimum Gasteiger partial charge on any atom is -0.322 e. The Morgan fingerprint density at radius 1 is 0.935 bits per heavy atom. The molecule has 0 aliphatic carbocycles. The summed E-state index contributed by atoms with van der Waals surface area (Å²) < 4.78 is 27.1. The Morgan fingerprint density at radius 3 is 2.26 bits per heavy atom. The van der Waals surface area contributed by atoms with Crippen LogP contribution in [0.4, 0.5) is 5.69 Å². The number of hydrogen-bond donors (Lipinski definition) is 1. The van der Waals surface area contributed by atoms with Crippen molar-refractivity contribution in [1.29, 1.82) is 0 Å². The van der Waals surface area contributed by atoms with Gasteiger partial charge >= 0.3 is 0 Å². The van der Waals surface area contributed by atoms with E-state index < -0.39 is 10.0 Å². The SMILES string of the molecule is Cc1nnc2ccc(-c3ccc(NC(=O)c4ccc(S(=O)(=O)N(C)C)cc4)cc3)nn12. The largest absolute Gasteiger partial charge is 0.322 e. The fourth-order valence-corrected chi connectivity index (χ4v) is 3.87. The summed E-state index contributed by atoms with van der Waals surface area (Å²) in [7, 11) is -0.618. The molecule has 0 fully saturated rings. The first-order valence-corrected chi connectivity index (χ1v) is 10.8. The molecular formula is C21H20N6O3S. The van der Waals surface area contributed by atoms with Crippen LogP contribution in [-0.4, -0.2) is 52.5 Å². The van der Waals surface area contributed by atoms with Gasteiger partial charge in [-0.2, -0.15) is 9.61 Å². The molecule has 10 heteroatoms. The quantitative estimate of drug-likeness (QED) is 0.515. The predicted octanol–water partition coefficient (Wildman–Crippen LogP) is 2.60. The van der Waals surface area contributed by atoms with Gasteiger partial charge in [0.2, 0.25) is 10.0 Å². The van der Waals surface area contributed by atoms with Crippen LogP contribution in [0.25, 0.3) is 16.9 Å². The molecule has 0 aliphatic rings. The maximum absolute atomic E-state index is 12.5. The number of carbonyl (C=O) groups excluding carboxylic acids is 1. The number of anilines is 1. The second-order valence-corrected chi connectivity index (χ2v) is 9.23. The molecule has 0 saturated heterocycles. The molecule has 2 heterocycles. The van der Waals surface area contributed by atoms with E-state index in [1.54, 1.807) is 16.6 Å². The lowest BCUT2D eigenvalue weighted by Crippen LogP contribution is -2.22. The molecule has 1 amide bonds. The van der Waals surface area contributed by atoms with Crippen LogP contribution < -0.4 is 5.32 Å². The first-order chi connectivity index (χ1) is 14.8. The van der Waals surface area contributed by atoms with E-state index in [2.05, 4.69) is 20.6 Å². The van der Waals surface area contributed by atoms with E-state index in [0.29, 0.717) is 22.7 Å². The van der Waals surface area contributed by atoms with Crippen LogP contribution in [0.2, 0.25) is 0 Å². The molecule has 31 heavy (non-hydrogen) atoms. The molecule has 4 rings (SSSR count). The number of carbonyl (C=O) groups is 1. The van der Waals surface area contributed by atoms with Crippen molar-refractivity contribution in [3.8, 4) is 11.3 Å². The Labute approximate surface area is 179 Å². The van der Waals surface area contributed by atoms with E-state index in [-0.39, 0.29) is 10.8 Å². The molecule has 0 radical (unpaired) electrons. The molecule has 4 aromatic rings. The van der Waals surface area contributed by atoms with E-state index in [1.165, 1.54) is 38.4 Å². The Hall–Kier alpha value is -3.63. The highest BCUT2D eigenvalue weighted by Crippen LogP contribution is 2.21. The number of amides is 1. The fourth-order valence-electron chi connectivity index (χ4n) is 2.97. The van der Waals surface area contributed by atoms with Gasteiger partial charge in [-0.1, -0.05) is 12.1 Å². The second-order valence-electron chi connectivity index (χ2n) is 7.08. The lowest BCUT2D eigenvalue weighted by molar-refractivity contribution is 0.102.